The summed E-state index contributed by atoms with van der Waals surface area (Å²) >= 11 is 0. The lowest BCUT2D eigenvalue weighted by molar-refractivity contribution is -0.718. The molecule has 0 spiro atoms. The first kappa shape index (κ1) is 16.5. The number of hydrogen-bond donors (Lipinski definition) is 2. The number of fused-ring (bicyclic) bond motifs is 3. The van der Waals surface area contributed by atoms with E-state index in [2.05, 4.69) is 53.4 Å². The van der Waals surface area contributed by atoms with Gasteiger partial charge in [0.1, 0.15) is 23.7 Å². The zero-order chi connectivity index (χ0) is 18.1. The number of benzene rings is 2. The molecule has 3 N–H and O–H groups in total. The standard InChI is InChI=1S/C21H21N3O2/c1-13(2)18(14-8-4-3-5-9-14)22-12-17-23-19-15-10-6-7-11-16(15)26-20(19)21(25)24-17/h3-11,13,18,22H,12H2,1-2H3,(H,23,24,25)/p+1/t18-/m0/s1. The van der Waals surface area contributed by atoms with Crippen LogP contribution >= 0.6 is 0 Å². The van der Waals surface area contributed by atoms with Crippen molar-refractivity contribution in [3.63, 3.8) is 0 Å². The van der Waals surface area contributed by atoms with Crippen LogP contribution in [0.2, 0.25) is 0 Å². The second kappa shape index (κ2) is 6.77. The van der Waals surface area contributed by atoms with Crippen LogP contribution in [0, 0.1) is 5.92 Å². The van der Waals surface area contributed by atoms with Crippen molar-refractivity contribution in [2.24, 2.45) is 5.92 Å². The van der Waals surface area contributed by atoms with E-state index in [9.17, 15) is 4.79 Å². The summed E-state index contributed by atoms with van der Waals surface area (Å²) in [4.78, 5) is 19.9. The Morgan fingerprint density at radius 3 is 2.58 bits per heavy atom. The summed E-state index contributed by atoms with van der Waals surface area (Å²) in [6, 6.07) is 18.3. The van der Waals surface area contributed by atoms with Crippen LogP contribution in [0.1, 0.15) is 31.3 Å². The molecule has 0 bridgehead atoms. The van der Waals surface area contributed by atoms with E-state index in [1.807, 2.05) is 30.3 Å². The van der Waals surface area contributed by atoms with Gasteiger partial charge in [0.2, 0.25) is 5.58 Å². The van der Waals surface area contributed by atoms with E-state index in [0.717, 1.165) is 5.39 Å². The molecule has 2 aromatic carbocycles. The van der Waals surface area contributed by atoms with Gasteiger partial charge < -0.3 is 14.7 Å². The van der Waals surface area contributed by atoms with Gasteiger partial charge in [-0.2, -0.15) is 0 Å². The number of quaternary nitrogens is 1. The Morgan fingerprint density at radius 1 is 1.08 bits per heavy atom. The lowest BCUT2D eigenvalue weighted by Crippen LogP contribution is -2.85. The third kappa shape index (κ3) is 3.02. The molecule has 0 saturated carbocycles. The second-order valence-electron chi connectivity index (χ2n) is 6.91. The molecule has 2 heterocycles. The number of nitrogens with zero attached hydrogens (tertiary/aromatic N) is 1. The summed E-state index contributed by atoms with van der Waals surface area (Å²) in [6.07, 6.45) is 0. The highest BCUT2D eigenvalue weighted by atomic mass is 16.3. The quantitative estimate of drug-likeness (QED) is 0.582. The van der Waals surface area contributed by atoms with Gasteiger partial charge in [-0.25, -0.2) is 4.98 Å². The average molecular weight is 348 g/mol. The van der Waals surface area contributed by atoms with Crippen LogP contribution in [-0.2, 0) is 6.54 Å². The third-order valence-corrected chi connectivity index (χ3v) is 4.75. The smallest absolute Gasteiger partial charge is 0.294 e. The van der Waals surface area contributed by atoms with Gasteiger partial charge in [0.05, 0.1) is 0 Å². The first-order valence-corrected chi connectivity index (χ1v) is 8.92. The Balaban J connectivity index is 1.66. The van der Waals surface area contributed by atoms with E-state index in [1.54, 1.807) is 0 Å². The van der Waals surface area contributed by atoms with Crippen molar-refractivity contribution in [1.82, 2.24) is 9.97 Å². The molecule has 4 rings (SSSR count). The maximum absolute atomic E-state index is 12.4. The number of para-hydroxylation sites is 1. The Morgan fingerprint density at radius 2 is 1.81 bits per heavy atom. The highest BCUT2D eigenvalue weighted by Crippen LogP contribution is 2.24. The molecule has 0 radical (unpaired) electrons. The summed E-state index contributed by atoms with van der Waals surface area (Å²) in [6.45, 7) is 5.01. The molecule has 26 heavy (non-hydrogen) atoms. The van der Waals surface area contributed by atoms with Gasteiger partial charge in [0, 0.05) is 16.9 Å². The normalized spacial score (nSPS) is 12.9. The van der Waals surface area contributed by atoms with Crippen molar-refractivity contribution < 1.29 is 9.73 Å². The minimum absolute atomic E-state index is 0.226. The molecule has 0 saturated heterocycles. The first-order chi connectivity index (χ1) is 12.6. The summed E-state index contributed by atoms with van der Waals surface area (Å²) in [7, 11) is 0. The molecule has 1 atom stereocenters. The molecule has 2 aromatic heterocycles. The summed E-state index contributed by atoms with van der Waals surface area (Å²) in [5, 5.41) is 3.10. The van der Waals surface area contributed by atoms with Gasteiger partial charge in [-0.15, -0.1) is 0 Å². The minimum atomic E-state index is -0.226. The molecule has 5 heteroatoms. The van der Waals surface area contributed by atoms with E-state index >= 15 is 0 Å². The molecule has 0 fully saturated rings. The summed E-state index contributed by atoms with van der Waals surface area (Å²) < 4.78 is 5.65. The summed E-state index contributed by atoms with van der Waals surface area (Å²) in [5.41, 5.74) is 2.66. The largest absolute Gasteiger partial charge is 0.449 e. The van der Waals surface area contributed by atoms with Crippen molar-refractivity contribution in [3.8, 4) is 0 Å². The highest BCUT2D eigenvalue weighted by Gasteiger charge is 2.20. The van der Waals surface area contributed by atoms with Crippen LogP contribution in [0.5, 0.6) is 0 Å². The van der Waals surface area contributed by atoms with Crippen LogP contribution < -0.4 is 10.9 Å². The fourth-order valence-electron chi connectivity index (χ4n) is 3.45. The number of rotatable bonds is 5. The molecule has 0 aliphatic heterocycles. The molecule has 4 aromatic rings. The Bertz CT molecular complexity index is 1100. The number of furan rings is 1. The topological polar surface area (TPSA) is 75.5 Å². The number of aromatic amines is 1. The minimum Gasteiger partial charge on any atom is -0.449 e. The Hall–Kier alpha value is -2.92. The van der Waals surface area contributed by atoms with Gasteiger partial charge in [-0.1, -0.05) is 56.3 Å². The number of H-pyrrole nitrogens is 1. The average Bonchev–Trinajstić information content (AvgIpc) is 3.02. The molecule has 0 aliphatic rings. The van der Waals surface area contributed by atoms with Gasteiger partial charge in [0.25, 0.3) is 5.56 Å². The number of nitrogens with one attached hydrogen (secondary N) is 1. The molecule has 0 unspecified atom stereocenters. The number of nitrogens with two attached hydrogens (primary N) is 1. The van der Waals surface area contributed by atoms with E-state index in [0.29, 0.717) is 41.0 Å². The fourth-order valence-corrected chi connectivity index (χ4v) is 3.45. The van der Waals surface area contributed by atoms with Crippen molar-refractivity contribution >= 4 is 22.1 Å². The maximum Gasteiger partial charge on any atom is 0.294 e. The van der Waals surface area contributed by atoms with Gasteiger partial charge >= 0.3 is 0 Å². The number of aromatic nitrogens is 2. The molecule has 132 valence electrons. The highest BCUT2D eigenvalue weighted by molar-refractivity contribution is 6.01. The molecule has 0 amide bonds. The Labute approximate surface area is 151 Å². The lowest BCUT2D eigenvalue weighted by atomic mass is 9.96. The van der Waals surface area contributed by atoms with Crippen molar-refractivity contribution in [2.45, 2.75) is 26.4 Å². The van der Waals surface area contributed by atoms with E-state index in [1.165, 1.54) is 5.56 Å². The second-order valence-corrected chi connectivity index (χ2v) is 6.91. The zero-order valence-electron chi connectivity index (χ0n) is 14.9. The van der Waals surface area contributed by atoms with Crippen molar-refractivity contribution in [2.75, 3.05) is 0 Å². The van der Waals surface area contributed by atoms with Gasteiger partial charge in [-0.3, -0.25) is 4.79 Å². The molecular weight excluding hydrogens is 326 g/mol. The van der Waals surface area contributed by atoms with E-state index in [4.69, 9.17) is 4.42 Å². The predicted molar refractivity (Wildman–Crippen MR) is 102 cm³/mol. The van der Waals surface area contributed by atoms with Crippen LogP contribution in [0.4, 0.5) is 0 Å². The third-order valence-electron chi connectivity index (χ3n) is 4.75. The van der Waals surface area contributed by atoms with Crippen LogP contribution in [-0.4, -0.2) is 9.97 Å². The zero-order valence-corrected chi connectivity index (χ0v) is 14.9. The predicted octanol–water partition coefficient (Wildman–Crippen LogP) is 3.13. The van der Waals surface area contributed by atoms with Crippen LogP contribution in [0.3, 0.4) is 0 Å². The SMILES string of the molecule is CC(C)[C@H]([NH2+]Cc1nc2c(oc3ccccc32)c(=O)[nH]1)c1ccccc1. The monoisotopic (exact) mass is 348 g/mol. The summed E-state index contributed by atoms with van der Waals surface area (Å²) in [5.74, 6) is 1.12. The molecule has 5 nitrogen and oxygen atoms in total. The van der Waals surface area contributed by atoms with Crippen LogP contribution in [0.25, 0.3) is 22.1 Å². The molecular formula is C21H22N3O2+. The van der Waals surface area contributed by atoms with Crippen molar-refractivity contribution in [1.29, 1.82) is 0 Å². The molecule has 0 aliphatic carbocycles. The number of hydrogen-bond acceptors (Lipinski definition) is 3. The van der Waals surface area contributed by atoms with Gasteiger partial charge in [0.15, 0.2) is 5.82 Å². The maximum atomic E-state index is 12.4. The van der Waals surface area contributed by atoms with Crippen molar-refractivity contribution in [3.05, 3.63) is 76.3 Å². The Kier molecular flexibility index (Phi) is 4.31. The first-order valence-electron chi connectivity index (χ1n) is 8.92. The van der Waals surface area contributed by atoms with E-state index in [-0.39, 0.29) is 5.56 Å². The fraction of sp³-hybridized carbons (Fsp3) is 0.238. The van der Waals surface area contributed by atoms with E-state index < -0.39 is 0 Å². The van der Waals surface area contributed by atoms with Crippen LogP contribution in [0.15, 0.2) is 63.8 Å². The lowest BCUT2D eigenvalue weighted by Gasteiger charge is -2.19. The van der Waals surface area contributed by atoms with Gasteiger partial charge in [-0.05, 0) is 12.1 Å².